The summed E-state index contributed by atoms with van der Waals surface area (Å²) in [5.74, 6) is 0.362. The monoisotopic (exact) mass is 191 g/mol. The highest BCUT2D eigenvalue weighted by Gasteiger charge is 2.07. The minimum atomic E-state index is -0.206. The van der Waals surface area contributed by atoms with Crippen LogP contribution in [0.4, 0.5) is 5.82 Å². The fraction of sp³-hybridized carbons (Fsp3) is 0.125. The second-order valence-corrected chi connectivity index (χ2v) is 2.83. The van der Waals surface area contributed by atoms with Crippen LogP contribution in [0, 0.1) is 0 Å². The lowest BCUT2D eigenvalue weighted by molar-refractivity contribution is 0.102. The second-order valence-electron chi connectivity index (χ2n) is 2.83. The van der Waals surface area contributed by atoms with Gasteiger partial charge in [-0.3, -0.25) is 14.6 Å². The number of aryl methyl sites for hydroxylation is 1. The number of rotatable bonds is 2. The van der Waals surface area contributed by atoms with Crippen LogP contribution in [-0.4, -0.2) is 25.9 Å². The van der Waals surface area contributed by atoms with Crippen LogP contribution in [0.2, 0.25) is 0 Å². The minimum absolute atomic E-state index is 0.206. The molecule has 0 bridgehead atoms. The van der Waals surface area contributed by atoms with E-state index >= 15 is 0 Å². The van der Waals surface area contributed by atoms with Gasteiger partial charge in [0.15, 0.2) is 0 Å². The van der Waals surface area contributed by atoms with E-state index in [-0.39, 0.29) is 5.91 Å². The average Bonchev–Trinajstić information content (AvgIpc) is 2.75. The summed E-state index contributed by atoms with van der Waals surface area (Å²) in [6.45, 7) is 0. The molecule has 0 unspecified atom stereocenters. The molecule has 0 saturated heterocycles. The summed E-state index contributed by atoms with van der Waals surface area (Å²) in [6.07, 6.45) is 4.72. The van der Waals surface area contributed by atoms with Gasteiger partial charge < -0.3 is 5.32 Å². The van der Waals surface area contributed by atoms with Crippen molar-refractivity contribution in [2.24, 2.45) is 7.05 Å². The third-order valence-corrected chi connectivity index (χ3v) is 1.72. The summed E-state index contributed by atoms with van der Waals surface area (Å²) in [4.78, 5) is 11.5. The minimum Gasteiger partial charge on any atom is -0.307 e. The lowest BCUT2D eigenvalue weighted by Crippen LogP contribution is -2.11. The van der Waals surface area contributed by atoms with E-state index in [9.17, 15) is 4.79 Å². The van der Waals surface area contributed by atoms with E-state index in [0.717, 1.165) is 0 Å². The Labute approximate surface area is 79.9 Å². The molecule has 0 radical (unpaired) electrons. The van der Waals surface area contributed by atoms with Crippen LogP contribution in [0.5, 0.6) is 0 Å². The lowest BCUT2D eigenvalue weighted by atomic mass is 10.3. The van der Waals surface area contributed by atoms with Gasteiger partial charge in [0.1, 0.15) is 5.82 Å². The standard InChI is InChI=1S/C8H9N5O/c1-13-5-6(4-10-13)8(14)11-7-2-3-9-12-7/h2-5H,1H3,(H2,9,11,12,14). The Morgan fingerprint density at radius 1 is 1.64 bits per heavy atom. The SMILES string of the molecule is Cn1cc(C(=O)Nc2ccn[nH]2)cn1. The maximum absolute atomic E-state index is 11.5. The molecule has 0 aliphatic heterocycles. The predicted octanol–water partition coefficient (Wildman–Crippen LogP) is 0.395. The summed E-state index contributed by atoms with van der Waals surface area (Å²) in [5, 5.41) is 12.9. The molecule has 2 aromatic heterocycles. The number of aromatic nitrogens is 4. The van der Waals surface area contributed by atoms with Crippen LogP contribution in [-0.2, 0) is 7.05 Å². The maximum Gasteiger partial charge on any atom is 0.259 e. The molecule has 0 aliphatic carbocycles. The van der Waals surface area contributed by atoms with E-state index in [1.165, 1.54) is 6.20 Å². The van der Waals surface area contributed by atoms with Crippen molar-refractivity contribution >= 4 is 11.7 Å². The van der Waals surface area contributed by atoms with Gasteiger partial charge in [-0.25, -0.2) is 0 Å². The highest BCUT2D eigenvalue weighted by Crippen LogP contribution is 2.03. The number of carbonyl (C=O) groups is 1. The van der Waals surface area contributed by atoms with Gasteiger partial charge in [0.2, 0.25) is 0 Å². The fourth-order valence-corrected chi connectivity index (χ4v) is 1.06. The number of amides is 1. The number of H-pyrrole nitrogens is 1. The number of carbonyl (C=O) groups excluding carboxylic acids is 1. The van der Waals surface area contributed by atoms with Gasteiger partial charge in [-0.15, -0.1) is 0 Å². The van der Waals surface area contributed by atoms with Crippen molar-refractivity contribution < 1.29 is 4.79 Å². The first-order valence-electron chi connectivity index (χ1n) is 4.05. The molecule has 0 fully saturated rings. The molecule has 2 heterocycles. The largest absolute Gasteiger partial charge is 0.307 e. The molecule has 72 valence electrons. The smallest absolute Gasteiger partial charge is 0.259 e. The molecule has 2 aromatic rings. The number of hydrogen-bond donors (Lipinski definition) is 2. The lowest BCUT2D eigenvalue weighted by Gasteiger charge is -1.97. The zero-order chi connectivity index (χ0) is 9.97. The third-order valence-electron chi connectivity index (χ3n) is 1.72. The van der Waals surface area contributed by atoms with E-state index in [4.69, 9.17) is 0 Å². The van der Waals surface area contributed by atoms with E-state index in [1.54, 1.807) is 30.2 Å². The molecule has 0 saturated carbocycles. The van der Waals surface area contributed by atoms with Crippen molar-refractivity contribution in [3.8, 4) is 0 Å². The van der Waals surface area contributed by atoms with Gasteiger partial charge in [0, 0.05) is 19.3 Å². The molecule has 14 heavy (non-hydrogen) atoms. The van der Waals surface area contributed by atoms with Gasteiger partial charge in [-0.2, -0.15) is 10.2 Å². The summed E-state index contributed by atoms with van der Waals surface area (Å²) in [5.41, 5.74) is 0.516. The first-order valence-corrected chi connectivity index (χ1v) is 4.05. The van der Waals surface area contributed by atoms with Gasteiger partial charge >= 0.3 is 0 Å². The number of nitrogens with one attached hydrogen (secondary N) is 2. The van der Waals surface area contributed by atoms with E-state index < -0.39 is 0 Å². The highest BCUT2D eigenvalue weighted by atomic mass is 16.1. The van der Waals surface area contributed by atoms with Crippen molar-refractivity contribution in [1.82, 2.24) is 20.0 Å². The Kier molecular flexibility index (Phi) is 2.02. The Hall–Kier alpha value is -2.11. The quantitative estimate of drug-likeness (QED) is 0.721. The summed E-state index contributed by atoms with van der Waals surface area (Å²) < 4.78 is 1.57. The van der Waals surface area contributed by atoms with Crippen LogP contribution in [0.15, 0.2) is 24.7 Å². The fourth-order valence-electron chi connectivity index (χ4n) is 1.06. The maximum atomic E-state index is 11.5. The molecule has 2 N–H and O–H groups in total. The summed E-state index contributed by atoms with van der Waals surface area (Å²) in [6, 6.07) is 1.67. The molecule has 0 aromatic carbocycles. The van der Waals surface area contributed by atoms with Crippen molar-refractivity contribution in [1.29, 1.82) is 0 Å². The predicted molar refractivity (Wildman–Crippen MR) is 49.7 cm³/mol. The second kappa shape index (κ2) is 3.33. The van der Waals surface area contributed by atoms with Gasteiger partial charge in [0.25, 0.3) is 5.91 Å². The van der Waals surface area contributed by atoms with Crippen LogP contribution in [0.1, 0.15) is 10.4 Å². The Morgan fingerprint density at radius 2 is 2.50 bits per heavy atom. The number of hydrogen-bond acceptors (Lipinski definition) is 3. The molecule has 0 spiro atoms. The zero-order valence-electron chi connectivity index (χ0n) is 7.56. The normalized spacial score (nSPS) is 10.1. The van der Waals surface area contributed by atoms with Crippen molar-refractivity contribution in [3.05, 3.63) is 30.2 Å². The van der Waals surface area contributed by atoms with Crippen molar-refractivity contribution in [2.75, 3.05) is 5.32 Å². The molecular formula is C8H9N5O. The first kappa shape index (κ1) is 8.49. The highest BCUT2D eigenvalue weighted by molar-refractivity contribution is 6.03. The van der Waals surface area contributed by atoms with E-state index in [1.807, 2.05) is 0 Å². The van der Waals surface area contributed by atoms with Crippen LogP contribution in [0.3, 0.4) is 0 Å². The van der Waals surface area contributed by atoms with Crippen molar-refractivity contribution in [3.63, 3.8) is 0 Å². The average molecular weight is 191 g/mol. The van der Waals surface area contributed by atoms with E-state index in [2.05, 4.69) is 20.6 Å². The number of anilines is 1. The molecule has 1 amide bonds. The first-order chi connectivity index (χ1) is 6.75. The Morgan fingerprint density at radius 3 is 3.07 bits per heavy atom. The third kappa shape index (κ3) is 1.63. The Bertz CT molecular complexity index is 430. The van der Waals surface area contributed by atoms with Crippen LogP contribution in [0.25, 0.3) is 0 Å². The molecular weight excluding hydrogens is 182 g/mol. The molecule has 6 heteroatoms. The summed E-state index contributed by atoms with van der Waals surface area (Å²) >= 11 is 0. The van der Waals surface area contributed by atoms with Crippen LogP contribution >= 0.6 is 0 Å². The molecule has 2 rings (SSSR count). The molecule has 6 nitrogen and oxygen atoms in total. The molecule has 0 atom stereocenters. The number of aromatic amines is 1. The topological polar surface area (TPSA) is 75.6 Å². The summed E-state index contributed by atoms with van der Waals surface area (Å²) in [7, 11) is 1.76. The number of nitrogens with zero attached hydrogens (tertiary/aromatic N) is 3. The van der Waals surface area contributed by atoms with Crippen molar-refractivity contribution in [2.45, 2.75) is 0 Å². The van der Waals surface area contributed by atoms with Crippen LogP contribution < -0.4 is 5.32 Å². The Balaban J connectivity index is 2.10. The van der Waals surface area contributed by atoms with Gasteiger partial charge in [0.05, 0.1) is 18.0 Å². The van der Waals surface area contributed by atoms with Gasteiger partial charge in [-0.05, 0) is 0 Å². The molecule has 0 aliphatic rings. The zero-order valence-corrected chi connectivity index (χ0v) is 7.56. The van der Waals surface area contributed by atoms with E-state index in [0.29, 0.717) is 11.4 Å². The van der Waals surface area contributed by atoms with Gasteiger partial charge in [-0.1, -0.05) is 0 Å².